The zero-order chi connectivity index (χ0) is 14.0. The number of barbiturate groups is 1. The van der Waals surface area contributed by atoms with Gasteiger partial charge in [0.1, 0.15) is 12.0 Å². The number of nitrogens with one attached hydrogen (secondary N) is 2. The molecule has 0 bridgehead atoms. The van der Waals surface area contributed by atoms with Gasteiger partial charge in [-0.15, -0.1) is 0 Å². The Morgan fingerprint density at radius 2 is 1.83 bits per heavy atom. The van der Waals surface area contributed by atoms with E-state index in [-0.39, 0.29) is 5.92 Å². The molecule has 0 spiro atoms. The van der Waals surface area contributed by atoms with Crippen molar-refractivity contribution in [2.45, 2.75) is 26.8 Å². The highest BCUT2D eigenvalue weighted by Crippen LogP contribution is 2.20. The van der Waals surface area contributed by atoms with Crippen molar-refractivity contribution in [2.24, 2.45) is 11.8 Å². The van der Waals surface area contributed by atoms with Crippen LogP contribution in [-0.4, -0.2) is 41.7 Å². The minimum absolute atomic E-state index is 0.245. The molecule has 1 aliphatic rings. The Bertz CT molecular complexity index is 405. The lowest BCUT2D eigenvalue weighted by molar-refractivity contribution is -0.148. The van der Waals surface area contributed by atoms with E-state index in [1.807, 2.05) is 0 Å². The van der Waals surface area contributed by atoms with E-state index in [2.05, 4.69) is 10.6 Å². The maximum atomic E-state index is 12.1. The molecular formula is C11H17N3O4. The predicted molar refractivity (Wildman–Crippen MR) is 62.2 cm³/mol. The molecule has 0 radical (unpaired) electrons. The van der Waals surface area contributed by atoms with Crippen molar-refractivity contribution in [3.8, 4) is 0 Å². The standard InChI is InChI=1S/C11H17N3O4/c1-5(2)7-9(16)13-11(18)14(10(7)17)6(3)8(15)12-4/h5-7H,1-4H3,(H,12,15)(H,13,16,18). The fourth-order valence-electron chi connectivity index (χ4n) is 1.89. The second kappa shape index (κ2) is 5.16. The van der Waals surface area contributed by atoms with Gasteiger partial charge in [-0.2, -0.15) is 0 Å². The number of amides is 5. The summed E-state index contributed by atoms with van der Waals surface area (Å²) in [6.07, 6.45) is 0. The number of hydrogen-bond acceptors (Lipinski definition) is 4. The van der Waals surface area contributed by atoms with Gasteiger partial charge in [0.05, 0.1) is 0 Å². The smallest absolute Gasteiger partial charge is 0.331 e. The van der Waals surface area contributed by atoms with Gasteiger partial charge in [0.2, 0.25) is 17.7 Å². The van der Waals surface area contributed by atoms with Crippen LogP contribution in [0.1, 0.15) is 20.8 Å². The summed E-state index contributed by atoms with van der Waals surface area (Å²) < 4.78 is 0. The summed E-state index contributed by atoms with van der Waals surface area (Å²) in [5.74, 6) is -2.88. The summed E-state index contributed by atoms with van der Waals surface area (Å²) in [5, 5.41) is 4.46. The molecule has 18 heavy (non-hydrogen) atoms. The molecule has 0 saturated carbocycles. The molecular weight excluding hydrogens is 238 g/mol. The molecule has 5 amide bonds. The van der Waals surface area contributed by atoms with Crippen LogP contribution in [0, 0.1) is 11.8 Å². The van der Waals surface area contributed by atoms with E-state index >= 15 is 0 Å². The van der Waals surface area contributed by atoms with Gasteiger partial charge in [0.15, 0.2) is 0 Å². The van der Waals surface area contributed by atoms with E-state index in [1.165, 1.54) is 14.0 Å². The summed E-state index contributed by atoms with van der Waals surface area (Å²) in [7, 11) is 1.41. The minimum atomic E-state index is -0.947. The van der Waals surface area contributed by atoms with Crippen LogP contribution in [0.3, 0.4) is 0 Å². The van der Waals surface area contributed by atoms with Crippen molar-refractivity contribution in [1.82, 2.24) is 15.5 Å². The molecule has 0 aromatic rings. The second-order valence-corrected chi connectivity index (χ2v) is 4.51. The normalized spacial score (nSPS) is 21.9. The number of carbonyl (C=O) groups excluding carboxylic acids is 4. The number of imide groups is 2. The molecule has 1 fully saturated rings. The largest absolute Gasteiger partial charge is 0.357 e. The minimum Gasteiger partial charge on any atom is -0.357 e. The molecule has 100 valence electrons. The van der Waals surface area contributed by atoms with Crippen LogP contribution in [0.5, 0.6) is 0 Å². The van der Waals surface area contributed by atoms with Gasteiger partial charge in [-0.25, -0.2) is 4.79 Å². The molecule has 1 aliphatic heterocycles. The average molecular weight is 255 g/mol. The molecule has 2 unspecified atom stereocenters. The van der Waals surface area contributed by atoms with Crippen LogP contribution < -0.4 is 10.6 Å². The highest BCUT2D eigenvalue weighted by molar-refractivity contribution is 6.17. The predicted octanol–water partition coefficient (Wildman–Crippen LogP) is -0.528. The lowest BCUT2D eigenvalue weighted by Crippen LogP contribution is -2.63. The molecule has 1 heterocycles. The fourth-order valence-corrected chi connectivity index (χ4v) is 1.89. The third-order valence-corrected chi connectivity index (χ3v) is 2.91. The van der Waals surface area contributed by atoms with E-state index in [0.29, 0.717) is 0 Å². The summed E-state index contributed by atoms with van der Waals surface area (Å²) in [6, 6.07) is -1.80. The number of nitrogens with zero attached hydrogens (tertiary/aromatic N) is 1. The van der Waals surface area contributed by atoms with Crippen LogP contribution in [-0.2, 0) is 14.4 Å². The monoisotopic (exact) mass is 255 g/mol. The highest BCUT2D eigenvalue weighted by atomic mass is 16.2. The Kier molecular flexibility index (Phi) is 4.05. The van der Waals surface area contributed by atoms with Gasteiger partial charge in [-0.1, -0.05) is 13.8 Å². The summed E-state index contributed by atoms with van der Waals surface area (Å²) >= 11 is 0. The lowest BCUT2D eigenvalue weighted by Gasteiger charge is -2.34. The second-order valence-electron chi connectivity index (χ2n) is 4.51. The molecule has 1 saturated heterocycles. The molecule has 0 aromatic carbocycles. The quantitative estimate of drug-likeness (QED) is 0.663. The van der Waals surface area contributed by atoms with Crippen LogP contribution in [0.2, 0.25) is 0 Å². The number of likely N-dealkylation sites (N-methyl/N-ethyl adjacent to an activating group) is 1. The number of hydrogen-bond donors (Lipinski definition) is 2. The number of urea groups is 1. The van der Waals surface area contributed by atoms with E-state index in [9.17, 15) is 19.2 Å². The van der Waals surface area contributed by atoms with Crippen molar-refractivity contribution in [3.05, 3.63) is 0 Å². The zero-order valence-electron chi connectivity index (χ0n) is 10.8. The summed E-state index contributed by atoms with van der Waals surface area (Å²) in [4.78, 5) is 47.6. The third kappa shape index (κ3) is 2.34. The van der Waals surface area contributed by atoms with Crippen LogP contribution >= 0.6 is 0 Å². The maximum absolute atomic E-state index is 12.1. The summed E-state index contributed by atoms with van der Waals surface area (Å²) in [6.45, 7) is 4.85. The van der Waals surface area contributed by atoms with Crippen molar-refractivity contribution in [1.29, 1.82) is 0 Å². The van der Waals surface area contributed by atoms with E-state index in [1.54, 1.807) is 13.8 Å². The molecule has 2 atom stereocenters. The maximum Gasteiger partial charge on any atom is 0.331 e. The first kappa shape index (κ1) is 14.1. The van der Waals surface area contributed by atoms with Gasteiger partial charge in [0.25, 0.3) is 0 Å². The number of carbonyl (C=O) groups is 4. The molecule has 0 aliphatic carbocycles. The van der Waals surface area contributed by atoms with Crippen LogP contribution in [0.25, 0.3) is 0 Å². The first-order valence-electron chi connectivity index (χ1n) is 5.70. The summed E-state index contributed by atoms with van der Waals surface area (Å²) in [5.41, 5.74) is 0. The first-order chi connectivity index (χ1) is 8.31. The Morgan fingerprint density at radius 1 is 1.28 bits per heavy atom. The Labute approximate surface area is 105 Å². The van der Waals surface area contributed by atoms with E-state index in [4.69, 9.17) is 0 Å². The molecule has 2 N–H and O–H groups in total. The molecule has 1 rings (SSSR count). The van der Waals surface area contributed by atoms with Crippen molar-refractivity contribution < 1.29 is 19.2 Å². The third-order valence-electron chi connectivity index (χ3n) is 2.91. The van der Waals surface area contributed by atoms with Crippen LogP contribution in [0.4, 0.5) is 4.79 Å². The van der Waals surface area contributed by atoms with Gasteiger partial charge < -0.3 is 5.32 Å². The van der Waals surface area contributed by atoms with E-state index < -0.39 is 35.7 Å². The van der Waals surface area contributed by atoms with Gasteiger partial charge in [-0.05, 0) is 12.8 Å². The average Bonchev–Trinajstić information content (AvgIpc) is 2.26. The Morgan fingerprint density at radius 3 is 2.28 bits per heavy atom. The SMILES string of the molecule is CNC(=O)C(C)N1C(=O)NC(=O)C(C(C)C)C1=O. The Balaban J connectivity index is 3.04. The van der Waals surface area contributed by atoms with Crippen molar-refractivity contribution >= 4 is 23.8 Å². The topological polar surface area (TPSA) is 95.6 Å². The molecule has 0 aromatic heterocycles. The zero-order valence-corrected chi connectivity index (χ0v) is 10.8. The molecule has 7 nitrogen and oxygen atoms in total. The molecule has 7 heteroatoms. The van der Waals surface area contributed by atoms with E-state index in [0.717, 1.165) is 4.90 Å². The number of rotatable bonds is 3. The van der Waals surface area contributed by atoms with Crippen molar-refractivity contribution in [3.63, 3.8) is 0 Å². The van der Waals surface area contributed by atoms with Gasteiger partial charge in [-0.3, -0.25) is 24.6 Å². The Hall–Kier alpha value is -1.92. The fraction of sp³-hybridized carbons (Fsp3) is 0.636. The van der Waals surface area contributed by atoms with Gasteiger partial charge in [0, 0.05) is 7.05 Å². The lowest BCUT2D eigenvalue weighted by atomic mass is 9.91. The van der Waals surface area contributed by atoms with Crippen molar-refractivity contribution in [2.75, 3.05) is 7.05 Å². The first-order valence-corrected chi connectivity index (χ1v) is 5.70. The van der Waals surface area contributed by atoms with Gasteiger partial charge >= 0.3 is 6.03 Å². The highest BCUT2D eigenvalue weighted by Gasteiger charge is 2.45. The van der Waals surface area contributed by atoms with Crippen LogP contribution in [0.15, 0.2) is 0 Å².